The van der Waals surface area contributed by atoms with Crippen molar-refractivity contribution in [1.82, 2.24) is 10.2 Å². The third kappa shape index (κ3) is 3.53. The molecule has 1 aromatic rings. The van der Waals surface area contributed by atoms with Gasteiger partial charge in [-0.25, -0.2) is 0 Å². The second-order valence-corrected chi connectivity index (χ2v) is 6.64. The first-order valence-electron chi connectivity index (χ1n) is 7.51. The van der Waals surface area contributed by atoms with Crippen molar-refractivity contribution in [3.8, 4) is 0 Å². The summed E-state index contributed by atoms with van der Waals surface area (Å²) in [7, 11) is 0. The molecule has 1 atom stereocenters. The van der Waals surface area contributed by atoms with E-state index in [-0.39, 0.29) is 18.4 Å². The molecule has 2 aliphatic rings. The summed E-state index contributed by atoms with van der Waals surface area (Å²) in [6, 6.07) is 3.87. The molecule has 1 aromatic heterocycles. The van der Waals surface area contributed by atoms with Crippen LogP contribution in [0.4, 0.5) is 0 Å². The summed E-state index contributed by atoms with van der Waals surface area (Å²) >= 11 is 1.55. The molecule has 3 heterocycles. The van der Waals surface area contributed by atoms with E-state index in [1.54, 1.807) is 23.2 Å². The number of morpholine rings is 1. The first-order valence-corrected chi connectivity index (χ1v) is 8.39. The number of thiophene rings is 1. The van der Waals surface area contributed by atoms with Crippen LogP contribution in [0.5, 0.6) is 0 Å². The van der Waals surface area contributed by atoms with Gasteiger partial charge in [0, 0.05) is 19.5 Å². The van der Waals surface area contributed by atoms with Gasteiger partial charge in [-0.1, -0.05) is 11.2 Å². The molecule has 0 spiro atoms. The second-order valence-electron chi connectivity index (χ2n) is 5.69. The molecule has 23 heavy (non-hydrogen) atoms. The van der Waals surface area contributed by atoms with E-state index in [0.29, 0.717) is 32.7 Å². The Morgan fingerprint density at radius 3 is 2.91 bits per heavy atom. The number of ether oxygens (including phenoxy) is 1. The highest BCUT2D eigenvalue weighted by Crippen LogP contribution is 2.28. The highest BCUT2D eigenvalue weighted by molar-refractivity contribution is 7.12. The third-order valence-electron chi connectivity index (χ3n) is 3.91. The Hall–Kier alpha value is -1.93. The van der Waals surface area contributed by atoms with Gasteiger partial charge in [-0.3, -0.25) is 9.59 Å². The third-order valence-corrected chi connectivity index (χ3v) is 4.83. The van der Waals surface area contributed by atoms with E-state index in [4.69, 9.17) is 9.57 Å². The molecule has 7 nitrogen and oxygen atoms in total. The summed E-state index contributed by atoms with van der Waals surface area (Å²) < 4.78 is 5.20. The molecule has 2 amide bonds. The topological polar surface area (TPSA) is 80.2 Å². The summed E-state index contributed by atoms with van der Waals surface area (Å²) in [5.41, 5.74) is -0.304. The minimum Gasteiger partial charge on any atom is -0.379 e. The average molecular weight is 337 g/mol. The number of hydrogen-bond acceptors (Lipinski definition) is 6. The molecule has 1 unspecified atom stereocenters. The summed E-state index contributed by atoms with van der Waals surface area (Å²) in [5, 5.41) is 8.64. The zero-order valence-corrected chi connectivity index (χ0v) is 13.7. The summed E-state index contributed by atoms with van der Waals surface area (Å²) in [6.07, 6.45) is 0.394. The first-order chi connectivity index (χ1) is 11.1. The van der Waals surface area contributed by atoms with Crippen molar-refractivity contribution in [3.63, 3.8) is 0 Å². The van der Waals surface area contributed by atoms with Crippen molar-refractivity contribution in [2.24, 2.45) is 5.16 Å². The molecule has 0 bridgehead atoms. The van der Waals surface area contributed by atoms with Crippen LogP contribution in [-0.4, -0.2) is 60.9 Å². The van der Waals surface area contributed by atoms with Crippen molar-refractivity contribution in [3.05, 3.63) is 22.4 Å². The molecule has 0 radical (unpaired) electrons. The lowest BCUT2D eigenvalue weighted by atomic mass is 9.98. The van der Waals surface area contributed by atoms with Crippen LogP contribution >= 0.6 is 11.3 Å². The maximum atomic E-state index is 12.4. The normalized spacial score (nSPS) is 24.0. The van der Waals surface area contributed by atoms with Gasteiger partial charge < -0.3 is 19.8 Å². The number of hydrogen-bond donors (Lipinski definition) is 1. The Morgan fingerprint density at radius 2 is 2.22 bits per heavy atom. The minimum absolute atomic E-state index is 0.0356. The number of rotatable bonds is 4. The van der Waals surface area contributed by atoms with Crippen molar-refractivity contribution in [2.45, 2.75) is 18.9 Å². The SMILES string of the molecule is CC1(C(=O)NCC(=O)N2CCOCC2)CC(c2cccs2)=NO1. The van der Waals surface area contributed by atoms with Crippen LogP contribution in [-0.2, 0) is 19.2 Å². The number of carbonyl (C=O) groups is 2. The van der Waals surface area contributed by atoms with Crippen LogP contribution in [0.15, 0.2) is 22.7 Å². The highest BCUT2D eigenvalue weighted by Gasteiger charge is 2.42. The molecule has 8 heteroatoms. The average Bonchev–Trinajstić information content (AvgIpc) is 3.23. The molecule has 1 N–H and O–H groups in total. The standard InChI is InChI=1S/C15H19N3O4S/c1-15(9-11(17-22-15)12-3-2-8-23-12)14(20)16-10-13(19)18-4-6-21-7-5-18/h2-3,8H,4-7,9-10H2,1H3,(H,16,20). The molecule has 0 aromatic carbocycles. The van der Waals surface area contributed by atoms with Crippen LogP contribution in [0.2, 0.25) is 0 Å². The van der Waals surface area contributed by atoms with E-state index < -0.39 is 5.60 Å². The van der Waals surface area contributed by atoms with Crippen LogP contribution in [0.3, 0.4) is 0 Å². The van der Waals surface area contributed by atoms with E-state index in [1.807, 2.05) is 17.5 Å². The number of oxime groups is 1. The molecular formula is C15H19N3O4S. The van der Waals surface area contributed by atoms with Crippen LogP contribution < -0.4 is 5.32 Å². The molecule has 3 rings (SSSR count). The van der Waals surface area contributed by atoms with E-state index in [9.17, 15) is 9.59 Å². The molecule has 0 saturated carbocycles. The zero-order chi connectivity index (χ0) is 16.3. The van der Waals surface area contributed by atoms with Gasteiger partial charge in [0.25, 0.3) is 5.91 Å². The Bertz CT molecular complexity index is 610. The number of nitrogens with one attached hydrogen (secondary N) is 1. The van der Waals surface area contributed by atoms with Gasteiger partial charge in [0.05, 0.1) is 24.6 Å². The smallest absolute Gasteiger partial charge is 0.267 e. The van der Waals surface area contributed by atoms with E-state index in [1.165, 1.54) is 0 Å². The minimum atomic E-state index is -1.06. The van der Waals surface area contributed by atoms with Gasteiger partial charge in [-0.05, 0) is 18.4 Å². The Kier molecular flexibility index (Phi) is 4.63. The van der Waals surface area contributed by atoms with E-state index >= 15 is 0 Å². The lowest BCUT2D eigenvalue weighted by Crippen LogP contribution is -2.50. The summed E-state index contributed by atoms with van der Waals surface area (Å²) in [4.78, 5) is 32.5. The molecule has 124 valence electrons. The Balaban J connectivity index is 1.51. The predicted molar refractivity (Wildman–Crippen MR) is 85.4 cm³/mol. The van der Waals surface area contributed by atoms with Gasteiger partial charge in [0.2, 0.25) is 11.5 Å². The Morgan fingerprint density at radius 1 is 1.43 bits per heavy atom. The van der Waals surface area contributed by atoms with Gasteiger partial charge >= 0.3 is 0 Å². The number of nitrogens with zero attached hydrogens (tertiary/aromatic N) is 2. The van der Waals surface area contributed by atoms with Crippen LogP contribution in [0.25, 0.3) is 0 Å². The van der Waals surface area contributed by atoms with Crippen molar-refractivity contribution >= 4 is 28.9 Å². The fraction of sp³-hybridized carbons (Fsp3) is 0.533. The van der Waals surface area contributed by atoms with Crippen LogP contribution in [0, 0.1) is 0 Å². The Labute approximate surface area is 138 Å². The molecule has 1 fully saturated rings. The maximum absolute atomic E-state index is 12.4. The molecular weight excluding hydrogens is 318 g/mol. The highest BCUT2D eigenvalue weighted by atomic mass is 32.1. The summed E-state index contributed by atoms with van der Waals surface area (Å²) in [6.45, 7) is 3.86. The van der Waals surface area contributed by atoms with Crippen molar-refractivity contribution in [1.29, 1.82) is 0 Å². The summed E-state index contributed by atoms with van der Waals surface area (Å²) in [5.74, 6) is -0.433. The molecule has 1 saturated heterocycles. The number of amides is 2. The van der Waals surface area contributed by atoms with E-state index in [0.717, 1.165) is 10.6 Å². The quantitative estimate of drug-likeness (QED) is 0.873. The van der Waals surface area contributed by atoms with E-state index in [2.05, 4.69) is 10.5 Å². The largest absolute Gasteiger partial charge is 0.379 e. The van der Waals surface area contributed by atoms with Crippen molar-refractivity contribution < 1.29 is 19.2 Å². The molecule has 2 aliphatic heterocycles. The lowest BCUT2D eigenvalue weighted by molar-refractivity contribution is -0.144. The van der Waals surface area contributed by atoms with Crippen molar-refractivity contribution in [2.75, 3.05) is 32.8 Å². The maximum Gasteiger partial charge on any atom is 0.267 e. The fourth-order valence-electron chi connectivity index (χ4n) is 2.50. The molecule has 0 aliphatic carbocycles. The zero-order valence-electron chi connectivity index (χ0n) is 12.9. The lowest BCUT2D eigenvalue weighted by Gasteiger charge is -2.27. The number of carbonyl (C=O) groups excluding carboxylic acids is 2. The fourth-order valence-corrected chi connectivity index (χ4v) is 3.21. The predicted octanol–water partition coefficient (Wildman–Crippen LogP) is 0.606. The van der Waals surface area contributed by atoms with Gasteiger partial charge in [0.1, 0.15) is 5.71 Å². The van der Waals surface area contributed by atoms with Gasteiger partial charge in [0.15, 0.2) is 0 Å². The van der Waals surface area contributed by atoms with Crippen LogP contribution in [0.1, 0.15) is 18.2 Å². The monoisotopic (exact) mass is 337 g/mol. The second kappa shape index (κ2) is 6.67. The first kappa shape index (κ1) is 15.9. The van der Waals surface area contributed by atoms with Gasteiger partial charge in [-0.2, -0.15) is 0 Å². The van der Waals surface area contributed by atoms with Gasteiger partial charge in [-0.15, -0.1) is 11.3 Å².